The summed E-state index contributed by atoms with van der Waals surface area (Å²) in [6.07, 6.45) is 4.69. The minimum atomic E-state index is -0.538. The van der Waals surface area contributed by atoms with Crippen LogP contribution in [0.4, 0.5) is 4.39 Å². The molecule has 2 N–H and O–H groups in total. The van der Waals surface area contributed by atoms with E-state index in [1.165, 1.54) is 18.2 Å². The van der Waals surface area contributed by atoms with Gasteiger partial charge in [0.15, 0.2) is 13.2 Å². The van der Waals surface area contributed by atoms with Crippen LogP contribution in [0.15, 0.2) is 42.5 Å². The summed E-state index contributed by atoms with van der Waals surface area (Å²) in [5.74, 6) is -0.000964. The summed E-state index contributed by atoms with van der Waals surface area (Å²) in [4.78, 5) is 25.0. The van der Waals surface area contributed by atoms with Crippen molar-refractivity contribution in [2.24, 2.45) is 0 Å². The lowest BCUT2D eigenvalue weighted by molar-refractivity contribution is -0.130. The predicted octanol–water partition coefficient (Wildman–Crippen LogP) is 4.67. The van der Waals surface area contributed by atoms with Crippen molar-refractivity contribution in [1.82, 2.24) is 10.6 Å². The zero-order valence-corrected chi connectivity index (χ0v) is 19.5. The smallest absolute Gasteiger partial charge is 0.258 e. The number of carbonyl (C=O) groups excluding carboxylic acids is 2. The third-order valence-electron chi connectivity index (χ3n) is 6.50. The van der Waals surface area contributed by atoms with Gasteiger partial charge in [0.2, 0.25) is 0 Å². The molecule has 2 aromatic carbocycles. The molecule has 6 nitrogen and oxygen atoms in total. The molecule has 0 radical (unpaired) electrons. The van der Waals surface area contributed by atoms with E-state index in [0.717, 1.165) is 38.5 Å². The predicted molar refractivity (Wildman–Crippen MR) is 123 cm³/mol. The highest BCUT2D eigenvalue weighted by molar-refractivity contribution is 6.31. The molecular weight excluding hydrogens is 470 g/mol. The highest BCUT2D eigenvalue weighted by Crippen LogP contribution is 2.46. The van der Waals surface area contributed by atoms with Crippen molar-refractivity contribution in [2.45, 2.75) is 49.6 Å². The molecule has 5 rings (SSSR count). The second-order valence-electron chi connectivity index (χ2n) is 8.76. The molecule has 3 aliphatic rings. The lowest BCUT2D eigenvalue weighted by Gasteiger charge is -2.53. The van der Waals surface area contributed by atoms with Gasteiger partial charge < -0.3 is 20.1 Å². The highest BCUT2D eigenvalue weighted by atomic mass is 35.5. The summed E-state index contributed by atoms with van der Waals surface area (Å²) >= 11 is 11.6. The Bertz CT molecular complexity index is 1010. The molecule has 2 aromatic rings. The van der Waals surface area contributed by atoms with Crippen LogP contribution in [0.3, 0.4) is 0 Å². The van der Waals surface area contributed by atoms with Crippen LogP contribution in [0.5, 0.6) is 11.5 Å². The number of halogens is 3. The summed E-state index contributed by atoms with van der Waals surface area (Å²) in [6, 6.07) is 10.8. The van der Waals surface area contributed by atoms with E-state index in [4.69, 9.17) is 32.7 Å². The summed E-state index contributed by atoms with van der Waals surface area (Å²) in [6.45, 7) is -0.233. The molecule has 33 heavy (non-hydrogen) atoms. The third kappa shape index (κ3) is 5.89. The second-order valence-corrected chi connectivity index (χ2v) is 9.61. The van der Waals surface area contributed by atoms with Crippen LogP contribution < -0.4 is 20.1 Å². The number of hydrogen-bond donors (Lipinski definition) is 2. The molecule has 2 bridgehead atoms. The topological polar surface area (TPSA) is 76.7 Å². The molecule has 0 atom stereocenters. The van der Waals surface area contributed by atoms with Crippen molar-refractivity contribution < 1.29 is 23.5 Å². The number of amides is 2. The highest BCUT2D eigenvalue weighted by Gasteiger charge is 2.49. The molecule has 0 unspecified atom stereocenters. The second kappa shape index (κ2) is 9.77. The van der Waals surface area contributed by atoms with Gasteiger partial charge in [-0.3, -0.25) is 9.59 Å². The number of benzene rings is 2. The number of hydrogen-bond acceptors (Lipinski definition) is 4. The fourth-order valence-electron chi connectivity index (χ4n) is 4.62. The van der Waals surface area contributed by atoms with Gasteiger partial charge in [0, 0.05) is 22.2 Å². The number of rotatable bonds is 8. The van der Waals surface area contributed by atoms with Crippen LogP contribution in [0, 0.1) is 5.82 Å². The average molecular weight is 495 g/mol. The summed E-state index contributed by atoms with van der Waals surface area (Å²) in [5.41, 5.74) is -0.540. The van der Waals surface area contributed by atoms with Crippen LogP contribution in [-0.2, 0) is 9.59 Å². The van der Waals surface area contributed by atoms with Crippen LogP contribution in [-0.4, -0.2) is 36.1 Å². The van der Waals surface area contributed by atoms with Crippen LogP contribution in [0.25, 0.3) is 0 Å². The lowest BCUT2D eigenvalue weighted by atomic mass is 9.61. The van der Waals surface area contributed by atoms with Gasteiger partial charge in [-0.25, -0.2) is 4.39 Å². The van der Waals surface area contributed by atoms with Gasteiger partial charge in [-0.2, -0.15) is 0 Å². The molecular formula is C24H25Cl2FN2O4. The fourth-order valence-corrected chi connectivity index (χ4v) is 4.92. The summed E-state index contributed by atoms with van der Waals surface area (Å²) in [7, 11) is 0. The maximum Gasteiger partial charge on any atom is 0.258 e. The molecule has 0 aliphatic heterocycles. The van der Waals surface area contributed by atoms with Gasteiger partial charge in [-0.05, 0) is 74.9 Å². The monoisotopic (exact) mass is 494 g/mol. The number of ether oxygens (including phenoxy) is 2. The number of nitrogens with one attached hydrogen (secondary N) is 2. The first kappa shape index (κ1) is 23.6. The Morgan fingerprint density at radius 2 is 1.24 bits per heavy atom. The van der Waals surface area contributed by atoms with Gasteiger partial charge in [0.1, 0.15) is 17.3 Å². The largest absolute Gasteiger partial charge is 0.484 e. The SMILES string of the molecule is O=C(COc1ccc(Cl)cc1)NC12CCC(NC(=O)COc3ccc(F)c(Cl)c3)(CC1)CC2. The maximum atomic E-state index is 13.2. The average Bonchev–Trinajstić information content (AvgIpc) is 2.81. The van der Waals surface area contributed by atoms with Gasteiger partial charge in [0.05, 0.1) is 5.02 Å². The Labute approximate surface area is 201 Å². The number of fused-ring (bicyclic) bond motifs is 3. The van der Waals surface area contributed by atoms with Gasteiger partial charge in [0.25, 0.3) is 11.8 Å². The zero-order chi connectivity index (χ0) is 23.5. The minimum Gasteiger partial charge on any atom is -0.484 e. The van der Waals surface area contributed by atoms with Crippen molar-refractivity contribution in [3.63, 3.8) is 0 Å². The third-order valence-corrected chi connectivity index (χ3v) is 7.04. The van der Waals surface area contributed by atoms with Gasteiger partial charge in [-0.15, -0.1) is 0 Å². The molecule has 176 valence electrons. The van der Waals surface area contributed by atoms with E-state index >= 15 is 0 Å². The molecule has 3 fully saturated rings. The van der Waals surface area contributed by atoms with Crippen molar-refractivity contribution in [1.29, 1.82) is 0 Å². The lowest BCUT2D eigenvalue weighted by Crippen LogP contribution is -2.64. The van der Waals surface area contributed by atoms with Crippen LogP contribution in [0.1, 0.15) is 38.5 Å². The van der Waals surface area contributed by atoms with E-state index in [2.05, 4.69) is 10.6 Å². The normalized spacial score (nSPS) is 23.6. The Kier molecular flexibility index (Phi) is 7.00. The fraction of sp³-hybridized carbons (Fsp3) is 0.417. The molecule has 3 saturated carbocycles. The standard InChI is InChI=1S/C24H25Cl2FN2O4/c25-16-1-3-17(4-2-16)32-14-21(30)28-23-7-10-24(11-8-23,12-9-23)29-22(31)15-33-18-5-6-20(27)19(26)13-18/h1-6,13H,7-12,14-15H2,(H,28,30)(H,29,31). The van der Waals surface area contributed by atoms with E-state index in [0.29, 0.717) is 16.5 Å². The van der Waals surface area contributed by atoms with Crippen molar-refractivity contribution in [3.8, 4) is 11.5 Å². The molecule has 0 heterocycles. The Morgan fingerprint density at radius 3 is 1.73 bits per heavy atom. The summed E-state index contributed by atoms with van der Waals surface area (Å²) in [5, 5.41) is 6.83. The first-order chi connectivity index (χ1) is 15.8. The molecule has 2 amide bonds. The Morgan fingerprint density at radius 1 is 0.788 bits per heavy atom. The molecule has 3 aliphatic carbocycles. The number of carbonyl (C=O) groups is 2. The zero-order valence-electron chi connectivity index (χ0n) is 18.0. The quantitative estimate of drug-likeness (QED) is 0.558. The first-order valence-electron chi connectivity index (χ1n) is 10.8. The maximum absolute atomic E-state index is 13.2. The summed E-state index contributed by atoms with van der Waals surface area (Å²) < 4.78 is 24.2. The van der Waals surface area contributed by atoms with Crippen molar-refractivity contribution in [2.75, 3.05) is 13.2 Å². The van der Waals surface area contributed by atoms with E-state index in [1.54, 1.807) is 24.3 Å². The van der Waals surface area contributed by atoms with E-state index in [-0.39, 0.29) is 41.1 Å². The van der Waals surface area contributed by atoms with Gasteiger partial charge in [-0.1, -0.05) is 23.2 Å². The van der Waals surface area contributed by atoms with Crippen molar-refractivity contribution in [3.05, 3.63) is 58.3 Å². The minimum absolute atomic E-state index is 0.0528. The molecule has 0 spiro atoms. The first-order valence-corrected chi connectivity index (χ1v) is 11.6. The van der Waals surface area contributed by atoms with Crippen LogP contribution >= 0.6 is 23.2 Å². The van der Waals surface area contributed by atoms with E-state index in [9.17, 15) is 14.0 Å². The Balaban J connectivity index is 1.23. The van der Waals surface area contributed by atoms with Crippen molar-refractivity contribution >= 4 is 35.0 Å². The van der Waals surface area contributed by atoms with E-state index < -0.39 is 5.82 Å². The molecule has 0 saturated heterocycles. The molecule has 9 heteroatoms. The van der Waals surface area contributed by atoms with E-state index in [1.807, 2.05) is 0 Å². The molecule has 0 aromatic heterocycles. The Hall–Kier alpha value is -2.51. The van der Waals surface area contributed by atoms with Gasteiger partial charge >= 0.3 is 0 Å². The van der Waals surface area contributed by atoms with Crippen LogP contribution in [0.2, 0.25) is 10.0 Å².